The molecule has 0 saturated heterocycles. The van der Waals surface area contributed by atoms with Gasteiger partial charge in [-0.25, -0.2) is 0 Å². The summed E-state index contributed by atoms with van der Waals surface area (Å²) in [4.78, 5) is 0. The number of nitrogens with zero attached hydrogens (tertiary/aromatic N) is 5. The molecule has 0 N–H and O–H groups in total. The van der Waals surface area contributed by atoms with Gasteiger partial charge in [-0.05, 0) is 29.8 Å². The molecule has 5 nitrogen and oxygen atoms in total. The molecule has 0 aliphatic rings. The van der Waals surface area contributed by atoms with Gasteiger partial charge in [-0.3, -0.25) is 4.40 Å². The molecule has 6 aromatic rings. The highest BCUT2D eigenvalue weighted by Crippen LogP contribution is 2.30. The highest BCUT2D eigenvalue weighted by molar-refractivity contribution is 6.30. The predicted octanol–water partition coefficient (Wildman–Crippen LogP) is 6.03. The lowest BCUT2D eigenvalue weighted by Crippen LogP contribution is -2.01. The monoisotopic (exact) mass is 421 g/mol. The molecule has 3 aromatic carbocycles. The van der Waals surface area contributed by atoms with Crippen LogP contribution in [-0.2, 0) is 0 Å². The first-order valence-electron chi connectivity index (χ1n) is 9.93. The van der Waals surface area contributed by atoms with Gasteiger partial charge in [0.05, 0.1) is 16.9 Å². The van der Waals surface area contributed by atoms with Gasteiger partial charge in [-0.2, -0.15) is 9.61 Å². The van der Waals surface area contributed by atoms with E-state index in [1.807, 2.05) is 81.7 Å². The van der Waals surface area contributed by atoms with E-state index in [1.54, 1.807) is 0 Å². The highest BCUT2D eigenvalue weighted by Gasteiger charge is 2.18. The number of hydrogen-bond acceptors (Lipinski definition) is 3. The molecule has 0 aliphatic carbocycles. The van der Waals surface area contributed by atoms with Crippen LogP contribution in [0.5, 0.6) is 0 Å². The smallest absolute Gasteiger partial charge is 0.257 e. The van der Waals surface area contributed by atoms with Gasteiger partial charge in [0.15, 0.2) is 5.82 Å². The van der Waals surface area contributed by atoms with Gasteiger partial charge in [0.25, 0.3) is 5.78 Å². The topological polar surface area (TPSA) is 47.5 Å². The third-order valence-electron chi connectivity index (χ3n) is 5.34. The quantitative estimate of drug-likeness (QED) is 0.350. The van der Waals surface area contributed by atoms with E-state index in [0.29, 0.717) is 10.8 Å². The number of fused-ring (bicyclic) bond motifs is 3. The Morgan fingerprint density at radius 1 is 0.645 bits per heavy atom. The minimum absolute atomic E-state index is 0.656. The number of aromatic nitrogens is 5. The molecule has 31 heavy (non-hydrogen) atoms. The molecular weight excluding hydrogens is 406 g/mol. The van der Waals surface area contributed by atoms with E-state index in [-0.39, 0.29) is 0 Å². The summed E-state index contributed by atoms with van der Waals surface area (Å²) in [5.41, 5.74) is 5.88. The summed E-state index contributed by atoms with van der Waals surface area (Å²) < 4.78 is 3.90. The Bertz CT molecular complexity index is 1520. The van der Waals surface area contributed by atoms with Crippen LogP contribution in [-0.4, -0.2) is 24.2 Å². The minimum atomic E-state index is 0.656. The summed E-state index contributed by atoms with van der Waals surface area (Å²) in [7, 11) is 0. The Morgan fingerprint density at radius 2 is 1.32 bits per heavy atom. The summed E-state index contributed by atoms with van der Waals surface area (Å²) >= 11 is 6.14. The van der Waals surface area contributed by atoms with Crippen LogP contribution in [0.1, 0.15) is 0 Å². The van der Waals surface area contributed by atoms with E-state index in [1.165, 1.54) is 0 Å². The molecule has 0 amide bonds. The maximum atomic E-state index is 6.14. The second kappa shape index (κ2) is 7.07. The second-order valence-electron chi connectivity index (χ2n) is 7.29. The number of rotatable bonds is 3. The average Bonchev–Trinajstić information content (AvgIpc) is 3.45. The first-order valence-corrected chi connectivity index (χ1v) is 10.3. The number of benzene rings is 3. The summed E-state index contributed by atoms with van der Waals surface area (Å²) in [5.74, 6) is 1.42. The summed E-state index contributed by atoms with van der Waals surface area (Å²) in [5, 5.41) is 14.6. The van der Waals surface area contributed by atoms with E-state index >= 15 is 0 Å². The standard InChI is InChI=1S/C25H16ClN5/c26-20-13-11-18(12-14-20)23-16-21-15-22(17-7-3-1-4-8-17)29-31(21)25-28-27-24(30(23)25)19-9-5-2-6-10-19/h1-16H. The van der Waals surface area contributed by atoms with E-state index in [4.69, 9.17) is 16.7 Å². The SMILES string of the molecule is Clc1ccc(-c2cc3cc(-c4ccccc4)nn3c3nnc(-c4ccccc4)n23)cc1. The van der Waals surface area contributed by atoms with Gasteiger partial charge < -0.3 is 0 Å². The first kappa shape index (κ1) is 17.9. The zero-order valence-corrected chi connectivity index (χ0v) is 17.1. The molecule has 0 spiro atoms. The van der Waals surface area contributed by atoms with Gasteiger partial charge in [0, 0.05) is 16.1 Å². The molecule has 0 unspecified atom stereocenters. The summed E-state index contributed by atoms with van der Waals surface area (Å²) in [6.45, 7) is 0. The van der Waals surface area contributed by atoms with Crippen LogP contribution in [0.25, 0.3) is 45.2 Å². The Balaban J connectivity index is 1.68. The number of halogens is 1. The van der Waals surface area contributed by atoms with Crippen molar-refractivity contribution in [3.63, 3.8) is 0 Å². The van der Waals surface area contributed by atoms with Crippen molar-refractivity contribution >= 4 is 22.9 Å². The van der Waals surface area contributed by atoms with Crippen LogP contribution in [0.4, 0.5) is 0 Å². The van der Waals surface area contributed by atoms with Crippen molar-refractivity contribution in [3.8, 4) is 33.9 Å². The molecule has 6 rings (SSSR count). The Labute approximate surface area is 183 Å². The van der Waals surface area contributed by atoms with Crippen LogP contribution < -0.4 is 0 Å². The van der Waals surface area contributed by atoms with Gasteiger partial charge in [0.1, 0.15) is 0 Å². The van der Waals surface area contributed by atoms with Crippen molar-refractivity contribution in [2.24, 2.45) is 0 Å². The van der Waals surface area contributed by atoms with Crippen LogP contribution >= 0.6 is 11.6 Å². The van der Waals surface area contributed by atoms with Gasteiger partial charge >= 0.3 is 0 Å². The van der Waals surface area contributed by atoms with Crippen LogP contribution in [0, 0.1) is 0 Å². The molecule has 148 valence electrons. The molecule has 0 radical (unpaired) electrons. The van der Waals surface area contributed by atoms with Crippen LogP contribution in [0.2, 0.25) is 5.02 Å². The second-order valence-corrected chi connectivity index (χ2v) is 7.73. The average molecular weight is 422 g/mol. The fraction of sp³-hybridized carbons (Fsp3) is 0. The molecule has 6 heteroatoms. The van der Waals surface area contributed by atoms with Crippen molar-refractivity contribution in [2.45, 2.75) is 0 Å². The third kappa shape index (κ3) is 2.98. The molecule has 3 aromatic heterocycles. The zero-order valence-electron chi connectivity index (χ0n) is 16.4. The zero-order chi connectivity index (χ0) is 20.8. The van der Waals surface area contributed by atoms with Gasteiger partial charge in [0.2, 0.25) is 0 Å². The molecule has 0 atom stereocenters. The van der Waals surface area contributed by atoms with Crippen LogP contribution in [0.3, 0.4) is 0 Å². The fourth-order valence-corrected chi connectivity index (χ4v) is 3.98. The van der Waals surface area contributed by atoms with Crippen molar-refractivity contribution in [2.75, 3.05) is 0 Å². The maximum Gasteiger partial charge on any atom is 0.257 e. The molecule has 0 aliphatic heterocycles. The molecule has 0 fully saturated rings. The van der Waals surface area contributed by atoms with E-state index in [9.17, 15) is 0 Å². The van der Waals surface area contributed by atoms with Gasteiger partial charge in [-0.15, -0.1) is 10.2 Å². The third-order valence-corrected chi connectivity index (χ3v) is 5.59. The Kier molecular flexibility index (Phi) is 4.08. The maximum absolute atomic E-state index is 6.14. The van der Waals surface area contributed by atoms with E-state index < -0.39 is 0 Å². The normalized spacial score (nSPS) is 11.4. The van der Waals surface area contributed by atoms with E-state index in [2.05, 4.69) is 34.5 Å². The molecule has 0 bridgehead atoms. The fourth-order valence-electron chi connectivity index (χ4n) is 3.86. The lowest BCUT2D eigenvalue weighted by atomic mass is 10.1. The number of hydrogen-bond donors (Lipinski definition) is 0. The molecular formula is C25H16ClN5. The summed E-state index contributed by atoms with van der Waals surface area (Å²) in [6.07, 6.45) is 0. The summed E-state index contributed by atoms with van der Waals surface area (Å²) in [6, 6.07) is 32.2. The van der Waals surface area contributed by atoms with Crippen molar-refractivity contribution in [1.82, 2.24) is 24.2 Å². The van der Waals surface area contributed by atoms with Crippen LogP contribution in [0.15, 0.2) is 97.1 Å². The first-order chi connectivity index (χ1) is 15.3. The lowest BCUT2D eigenvalue weighted by Gasteiger charge is -2.10. The minimum Gasteiger partial charge on any atom is -0.259 e. The Morgan fingerprint density at radius 3 is 2.03 bits per heavy atom. The Hall–Kier alpha value is -3.96. The lowest BCUT2D eigenvalue weighted by molar-refractivity contribution is 0.935. The molecule has 3 heterocycles. The van der Waals surface area contributed by atoms with Crippen molar-refractivity contribution in [3.05, 3.63) is 102 Å². The van der Waals surface area contributed by atoms with Crippen molar-refractivity contribution < 1.29 is 0 Å². The van der Waals surface area contributed by atoms with Crippen molar-refractivity contribution in [1.29, 1.82) is 0 Å². The largest absolute Gasteiger partial charge is 0.259 e. The highest BCUT2D eigenvalue weighted by atomic mass is 35.5. The predicted molar refractivity (Wildman–Crippen MR) is 123 cm³/mol. The van der Waals surface area contributed by atoms with Gasteiger partial charge in [-0.1, -0.05) is 84.4 Å². The van der Waals surface area contributed by atoms with E-state index in [0.717, 1.165) is 39.4 Å². The molecule has 0 saturated carbocycles.